The number of aliphatic carboxylic acids is 1. The van der Waals surface area contributed by atoms with Crippen molar-refractivity contribution in [3.8, 4) is 11.5 Å². The van der Waals surface area contributed by atoms with Crippen molar-refractivity contribution in [2.24, 2.45) is 5.10 Å². The molecule has 0 atom stereocenters. The Morgan fingerprint density at radius 2 is 1.86 bits per heavy atom. The minimum Gasteiger partial charge on any atom is -0.483 e. The monoisotopic (exact) mass is 418 g/mol. The highest BCUT2D eigenvalue weighted by molar-refractivity contribution is 6.31. The van der Waals surface area contributed by atoms with Gasteiger partial charge >= 0.3 is 5.97 Å². The number of amides is 1. The number of benzene rings is 2. The molecule has 0 saturated heterocycles. The predicted molar refractivity (Wildman–Crippen MR) is 111 cm³/mol. The van der Waals surface area contributed by atoms with Crippen molar-refractivity contribution < 1.29 is 24.2 Å². The Morgan fingerprint density at radius 3 is 2.48 bits per heavy atom. The second kappa shape index (κ2) is 10.5. The highest BCUT2D eigenvalue weighted by atomic mass is 35.5. The summed E-state index contributed by atoms with van der Waals surface area (Å²) in [6.07, 6.45) is 1.46. The van der Waals surface area contributed by atoms with E-state index in [0.29, 0.717) is 22.1 Å². The summed E-state index contributed by atoms with van der Waals surface area (Å²) >= 11 is 6.17. The van der Waals surface area contributed by atoms with E-state index in [9.17, 15) is 9.59 Å². The van der Waals surface area contributed by atoms with Crippen LogP contribution < -0.4 is 14.9 Å². The van der Waals surface area contributed by atoms with Crippen molar-refractivity contribution in [2.75, 3.05) is 13.2 Å². The lowest BCUT2D eigenvalue weighted by Crippen LogP contribution is -2.25. The van der Waals surface area contributed by atoms with Gasteiger partial charge in [0, 0.05) is 5.02 Å². The number of ether oxygens (including phenoxy) is 2. The van der Waals surface area contributed by atoms with Crippen LogP contribution in [0.4, 0.5) is 0 Å². The quantitative estimate of drug-likeness (QED) is 0.477. The normalized spacial score (nSPS) is 10.9. The van der Waals surface area contributed by atoms with Gasteiger partial charge < -0.3 is 14.6 Å². The number of hydrogen-bond acceptors (Lipinski definition) is 5. The van der Waals surface area contributed by atoms with E-state index in [1.54, 1.807) is 24.3 Å². The number of carboxylic acids is 1. The van der Waals surface area contributed by atoms with Gasteiger partial charge in [0.25, 0.3) is 5.91 Å². The minimum absolute atomic E-state index is 0.180. The fourth-order valence-electron chi connectivity index (χ4n) is 2.40. The van der Waals surface area contributed by atoms with Crippen LogP contribution in [-0.4, -0.2) is 36.4 Å². The second-order valence-corrected chi connectivity index (χ2v) is 7.03. The van der Waals surface area contributed by atoms with Crippen LogP contribution in [0.25, 0.3) is 0 Å². The molecule has 0 spiro atoms. The first-order valence-corrected chi connectivity index (χ1v) is 9.33. The van der Waals surface area contributed by atoms with E-state index in [0.717, 1.165) is 11.1 Å². The molecule has 154 valence electrons. The van der Waals surface area contributed by atoms with Gasteiger partial charge in [0.2, 0.25) is 0 Å². The number of carboxylic acid groups (broad SMARTS) is 1. The Balaban J connectivity index is 1.87. The molecule has 0 bridgehead atoms. The fourth-order valence-corrected chi connectivity index (χ4v) is 2.57. The Hall–Kier alpha value is -3.06. The summed E-state index contributed by atoms with van der Waals surface area (Å²) in [4.78, 5) is 22.5. The predicted octanol–water partition coefficient (Wildman–Crippen LogP) is 3.76. The van der Waals surface area contributed by atoms with E-state index in [-0.39, 0.29) is 12.5 Å². The summed E-state index contributed by atoms with van der Waals surface area (Å²) < 4.78 is 10.7. The summed E-state index contributed by atoms with van der Waals surface area (Å²) in [5.74, 6) is -0.189. The number of hydrogen-bond donors (Lipinski definition) is 2. The lowest BCUT2D eigenvalue weighted by Gasteiger charge is -2.15. The lowest BCUT2D eigenvalue weighted by atomic mass is 10.0. The topological polar surface area (TPSA) is 97.2 Å². The molecule has 0 aliphatic rings. The van der Waals surface area contributed by atoms with Gasteiger partial charge in [-0.1, -0.05) is 25.4 Å². The number of nitrogens with zero attached hydrogens (tertiary/aromatic N) is 1. The molecule has 2 aromatic carbocycles. The van der Waals surface area contributed by atoms with Gasteiger partial charge in [-0.15, -0.1) is 0 Å². The van der Waals surface area contributed by atoms with Crippen molar-refractivity contribution in [3.63, 3.8) is 0 Å². The van der Waals surface area contributed by atoms with Crippen molar-refractivity contribution >= 4 is 29.7 Å². The summed E-state index contributed by atoms with van der Waals surface area (Å²) in [7, 11) is 0. The van der Waals surface area contributed by atoms with Gasteiger partial charge in [0.1, 0.15) is 11.5 Å². The first-order chi connectivity index (χ1) is 13.8. The molecule has 0 aliphatic carbocycles. The molecule has 0 radical (unpaired) electrons. The summed E-state index contributed by atoms with van der Waals surface area (Å²) in [5.41, 5.74) is 4.92. The first-order valence-electron chi connectivity index (χ1n) is 8.95. The molecule has 0 saturated carbocycles. The third kappa shape index (κ3) is 7.12. The standard InChI is InChI=1S/C21H23ClN2O5/c1-13(2)17-9-18(22)14(3)8-19(17)29-11-20(25)24-23-10-15-4-6-16(7-5-15)28-12-21(26)27/h4-10,13H,11-12H2,1-3H3,(H,24,25)(H,26,27). The molecule has 2 aromatic rings. The van der Waals surface area contributed by atoms with Crippen LogP contribution in [0, 0.1) is 6.92 Å². The molecule has 2 rings (SSSR count). The molecule has 29 heavy (non-hydrogen) atoms. The molecule has 0 unspecified atom stereocenters. The minimum atomic E-state index is -1.05. The molecule has 7 nitrogen and oxygen atoms in total. The number of carbonyl (C=O) groups excluding carboxylic acids is 1. The van der Waals surface area contributed by atoms with Crippen molar-refractivity contribution in [1.29, 1.82) is 0 Å². The number of hydrazone groups is 1. The zero-order valence-electron chi connectivity index (χ0n) is 16.4. The summed E-state index contributed by atoms with van der Waals surface area (Å²) in [6, 6.07) is 10.3. The van der Waals surface area contributed by atoms with Crippen LogP contribution in [0.2, 0.25) is 5.02 Å². The highest BCUT2D eigenvalue weighted by Crippen LogP contribution is 2.31. The van der Waals surface area contributed by atoms with Crippen LogP contribution in [0.15, 0.2) is 41.5 Å². The largest absolute Gasteiger partial charge is 0.483 e. The number of rotatable bonds is 9. The van der Waals surface area contributed by atoms with E-state index in [1.807, 2.05) is 32.9 Å². The molecule has 0 fully saturated rings. The Bertz CT molecular complexity index is 895. The van der Waals surface area contributed by atoms with Gasteiger partial charge in [-0.05, 0) is 65.9 Å². The Kier molecular flexibility index (Phi) is 8.03. The fraction of sp³-hybridized carbons (Fsp3) is 0.286. The van der Waals surface area contributed by atoms with Crippen molar-refractivity contribution in [1.82, 2.24) is 5.43 Å². The van der Waals surface area contributed by atoms with Crippen molar-refractivity contribution in [3.05, 3.63) is 58.1 Å². The molecule has 1 amide bonds. The molecular formula is C21H23ClN2O5. The van der Waals surface area contributed by atoms with E-state index < -0.39 is 18.5 Å². The third-order valence-corrected chi connectivity index (χ3v) is 4.32. The molecule has 2 N–H and O–H groups in total. The maximum atomic E-state index is 12.0. The van der Waals surface area contributed by atoms with Gasteiger partial charge in [0.05, 0.1) is 6.21 Å². The van der Waals surface area contributed by atoms with Crippen LogP contribution >= 0.6 is 11.6 Å². The zero-order chi connectivity index (χ0) is 21.4. The van der Waals surface area contributed by atoms with E-state index >= 15 is 0 Å². The van der Waals surface area contributed by atoms with Gasteiger partial charge in [-0.2, -0.15) is 5.10 Å². The zero-order valence-corrected chi connectivity index (χ0v) is 17.2. The van der Waals surface area contributed by atoms with E-state index in [1.165, 1.54) is 6.21 Å². The van der Waals surface area contributed by atoms with Crippen LogP contribution in [-0.2, 0) is 9.59 Å². The lowest BCUT2D eigenvalue weighted by molar-refractivity contribution is -0.139. The maximum absolute atomic E-state index is 12.0. The van der Waals surface area contributed by atoms with Gasteiger partial charge in [-0.25, -0.2) is 10.2 Å². The van der Waals surface area contributed by atoms with Crippen molar-refractivity contribution in [2.45, 2.75) is 26.7 Å². The van der Waals surface area contributed by atoms with Crippen LogP contribution in [0.3, 0.4) is 0 Å². The number of carbonyl (C=O) groups is 2. The number of nitrogens with one attached hydrogen (secondary N) is 1. The SMILES string of the molecule is Cc1cc(OCC(=O)NN=Cc2ccc(OCC(=O)O)cc2)c(C(C)C)cc1Cl. The van der Waals surface area contributed by atoms with E-state index in [2.05, 4.69) is 10.5 Å². The van der Waals surface area contributed by atoms with Crippen LogP contribution in [0.5, 0.6) is 11.5 Å². The van der Waals surface area contributed by atoms with Gasteiger partial charge in [-0.3, -0.25) is 4.79 Å². The first kappa shape index (κ1) is 22.2. The van der Waals surface area contributed by atoms with Crippen LogP contribution in [0.1, 0.15) is 36.5 Å². The smallest absolute Gasteiger partial charge is 0.341 e. The second-order valence-electron chi connectivity index (χ2n) is 6.63. The molecule has 0 aromatic heterocycles. The van der Waals surface area contributed by atoms with E-state index in [4.69, 9.17) is 26.2 Å². The van der Waals surface area contributed by atoms with Gasteiger partial charge in [0.15, 0.2) is 13.2 Å². The third-order valence-electron chi connectivity index (χ3n) is 3.92. The summed E-state index contributed by atoms with van der Waals surface area (Å²) in [6.45, 7) is 5.34. The highest BCUT2D eigenvalue weighted by Gasteiger charge is 2.12. The average Bonchev–Trinajstić information content (AvgIpc) is 2.67. The number of aryl methyl sites for hydroxylation is 1. The molecule has 8 heteroatoms. The Morgan fingerprint density at radius 1 is 1.17 bits per heavy atom. The molecule has 0 aliphatic heterocycles. The average molecular weight is 419 g/mol. The Labute approximate surface area is 174 Å². The maximum Gasteiger partial charge on any atom is 0.341 e. The molecular weight excluding hydrogens is 396 g/mol. The number of halogens is 1. The molecule has 0 heterocycles. The summed E-state index contributed by atoms with van der Waals surface area (Å²) in [5, 5.41) is 13.1.